The lowest BCUT2D eigenvalue weighted by Gasteiger charge is -2.20. The molecule has 1 fully saturated rings. The van der Waals surface area contributed by atoms with Gasteiger partial charge in [-0.05, 0) is 25.3 Å². The number of hydrogen-bond donors (Lipinski definition) is 2. The van der Waals surface area contributed by atoms with Crippen LogP contribution >= 0.6 is 0 Å². The molecule has 2 rings (SSSR count). The Hall–Kier alpha value is -1.61. The summed E-state index contributed by atoms with van der Waals surface area (Å²) in [6, 6.07) is 9.12. The lowest BCUT2D eigenvalue weighted by atomic mass is 9.88. The number of carbonyl (C=O) groups is 1. The van der Waals surface area contributed by atoms with Gasteiger partial charge in [0.15, 0.2) is 0 Å². The van der Waals surface area contributed by atoms with Crippen molar-refractivity contribution in [2.24, 2.45) is 11.1 Å². The number of rotatable bonds is 4. The fourth-order valence-corrected chi connectivity index (χ4v) is 2.26. The fourth-order valence-electron chi connectivity index (χ4n) is 2.26. The van der Waals surface area contributed by atoms with Crippen molar-refractivity contribution in [1.29, 1.82) is 0 Å². The second-order valence-electron chi connectivity index (χ2n) is 4.71. The summed E-state index contributed by atoms with van der Waals surface area (Å²) in [5.74, 6) is -0.914. The van der Waals surface area contributed by atoms with Gasteiger partial charge in [0.1, 0.15) is 6.04 Å². The van der Waals surface area contributed by atoms with Crippen molar-refractivity contribution < 1.29 is 9.90 Å². The van der Waals surface area contributed by atoms with Gasteiger partial charge >= 0.3 is 5.97 Å². The van der Waals surface area contributed by atoms with Gasteiger partial charge in [-0.2, -0.15) is 0 Å². The molecular weight excluding hydrogens is 214 g/mol. The first-order valence-corrected chi connectivity index (χ1v) is 5.78. The Kier molecular flexibility index (Phi) is 3.03. The number of nitrogens with two attached hydrogens (primary N) is 1. The molecule has 17 heavy (non-hydrogen) atoms. The summed E-state index contributed by atoms with van der Waals surface area (Å²) in [6.45, 7) is 1.98. The quantitative estimate of drug-likeness (QED) is 0.835. The van der Waals surface area contributed by atoms with E-state index < -0.39 is 12.0 Å². The third-order valence-corrected chi connectivity index (χ3v) is 3.62. The number of hydrogen-bond acceptors (Lipinski definition) is 2. The van der Waals surface area contributed by atoms with E-state index in [4.69, 9.17) is 10.8 Å². The molecule has 0 spiro atoms. The summed E-state index contributed by atoms with van der Waals surface area (Å²) in [5.41, 5.74) is 7.61. The number of benzene rings is 1. The minimum absolute atomic E-state index is 0.318. The maximum absolute atomic E-state index is 11.0. The molecule has 0 bridgehead atoms. The molecule has 1 unspecified atom stereocenters. The zero-order chi connectivity index (χ0) is 12.5. The van der Waals surface area contributed by atoms with Crippen LogP contribution in [0.5, 0.6) is 0 Å². The van der Waals surface area contributed by atoms with E-state index in [0.717, 1.165) is 24.0 Å². The smallest absolute Gasteiger partial charge is 0.321 e. The first kappa shape index (κ1) is 11.9. The van der Waals surface area contributed by atoms with E-state index in [1.807, 2.05) is 43.3 Å². The highest BCUT2D eigenvalue weighted by atomic mass is 16.4. The van der Waals surface area contributed by atoms with Crippen LogP contribution in [-0.2, 0) is 4.79 Å². The van der Waals surface area contributed by atoms with E-state index in [0.29, 0.717) is 0 Å². The molecule has 1 aliphatic carbocycles. The number of carboxylic acid groups (broad SMARTS) is 1. The van der Waals surface area contributed by atoms with Crippen LogP contribution in [0.15, 0.2) is 35.9 Å². The molecule has 3 N–H and O–H groups in total. The molecule has 1 atom stereocenters. The van der Waals surface area contributed by atoms with Gasteiger partial charge in [-0.15, -0.1) is 0 Å². The van der Waals surface area contributed by atoms with Crippen LogP contribution in [0.4, 0.5) is 0 Å². The van der Waals surface area contributed by atoms with Crippen molar-refractivity contribution in [2.75, 3.05) is 0 Å². The summed E-state index contributed by atoms with van der Waals surface area (Å²) in [7, 11) is 0. The van der Waals surface area contributed by atoms with Crippen LogP contribution < -0.4 is 5.73 Å². The standard InChI is InChI=1S/C14H17NO2/c1-10(9-11-5-3-2-4-6-11)14(7-8-14)12(15)13(16)17/h2-6,9,12H,7-8,15H2,1H3,(H,16,17)/b10-9+. The zero-order valence-corrected chi connectivity index (χ0v) is 9.89. The summed E-state index contributed by atoms with van der Waals surface area (Å²) in [6.07, 6.45) is 3.78. The fraction of sp³-hybridized carbons (Fsp3) is 0.357. The van der Waals surface area contributed by atoms with Crippen molar-refractivity contribution in [3.8, 4) is 0 Å². The van der Waals surface area contributed by atoms with Gasteiger partial charge < -0.3 is 10.8 Å². The molecule has 0 aromatic heterocycles. The van der Waals surface area contributed by atoms with Gasteiger partial charge in [-0.1, -0.05) is 42.0 Å². The lowest BCUT2D eigenvalue weighted by Crippen LogP contribution is -2.40. The Morgan fingerprint density at radius 2 is 2.00 bits per heavy atom. The predicted molar refractivity (Wildman–Crippen MR) is 67.4 cm³/mol. The van der Waals surface area contributed by atoms with Crippen LogP contribution in [0.2, 0.25) is 0 Å². The molecule has 1 saturated carbocycles. The topological polar surface area (TPSA) is 63.3 Å². The minimum Gasteiger partial charge on any atom is -0.480 e. The average molecular weight is 231 g/mol. The molecule has 3 nitrogen and oxygen atoms in total. The van der Waals surface area contributed by atoms with Crippen molar-refractivity contribution in [3.05, 3.63) is 41.5 Å². The molecule has 1 aliphatic rings. The van der Waals surface area contributed by atoms with E-state index in [-0.39, 0.29) is 5.41 Å². The van der Waals surface area contributed by atoms with Gasteiger partial charge in [-0.3, -0.25) is 4.79 Å². The highest BCUT2D eigenvalue weighted by molar-refractivity contribution is 5.76. The van der Waals surface area contributed by atoms with Crippen LogP contribution in [0.3, 0.4) is 0 Å². The monoisotopic (exact) mass is 231 g/mol. The molecule has 0 radical (unpaired) electrons. The van der Waals surface area contributed by atoms with Gasteiger partial charge in [0.2, 0.25) is 0 Å². The molecule has 1 aromatic carbocycles. The summed E-state index contributed by atoms with van der Waals surface area (Å²) >= 11 is 0. The highest BCUT2D eigenvalue weighted by Gasteiger charge is 2.52. The first-order valence-electron chi connectivity index (χ1n) is 5.78. The van der Waals surface area contributed by atoms with Gasteiger partial charge in [-0.25, -0.2) is 0 Å². The third-order valence-electron chi connectivity index (χ3n) is 3.62. The van der Waals surface area contributed by atoms with Crippen molar-refractivity contribution in [2.45, 2.75) is 25.8 Å². The largest absolute Gasteiger partial charge is 0.480 e. The highest BCUT2D eigenvalue weighted by Crippen LogP contribution is 2.54. The summed E-state index contributed by atoms with van der Waals surface area (Å²) in [4.78, 5) is 11.0. The molecule has 0 heterocycles. The Bertz CT molecular complexity index is 447. The summed E-state index contributed by atoms with van der Waals surface area (Å²) < 4.78 is 0. The molecular formula is C14H17NO2. The first-order chi connectivity index (χ1) is 8.06. The van der Waals surface area contributed by atoms with Crippen molar-refractivity contribution >= 4 is 12.0 Å². The van der Waals surface area contributed by atoms with E-state index in [1.54, 1.807) is 0 Å². The van der Waals surface area contributed by atoms with Crippen LogP contribution in [0.25, 0.3) is 6.08 Å². The Morgan fingerprint density at radius 3 is 2.47 bits per heavy atom. The summed E-state index contributed by atoms with van der Waals surface area (Å²) in [5, 5.41) is 9.02. The zero-order valence-electron chi connectivity index (χ0n) is 9.89. The van der Waals surface area contributed by atoms with Crippen molar-refractivity contribution in [3.63, 3.8) is 0 Å². The van der Waals surface area contributed by atoms with Crippen molar-refractivity contribution in [1.82, 2.24) is 0 Å². The molecule has 1 aromatic rings. The van der Waals surface area contributed by atoms with Gasteiger partial charge in [0, 0.05) is 5.41 Å². The Labute approximate surface area is 101 Å². The Balaban J connectivity index is 2.23. The third kappa shape index (κ3) is 2.24. The van der Waals surface area contributed by atoms with Gasteiger partial charge in [0.25, 0.3) is 0 Å². The average Bonchev–Trinajstić information content (AvgIpc) is 3.10. The van der Waals surface area contributed by atoms with E-state index in [2.05, 4.69) is 0 Å². The molecule has 0 aliphatic heterocycles. The second-order valence-corrected chi connectivity index (χ2v) is 4.71. The molecule has 0 amide bonds. The minimum atomic E-state index is -0.914. The van der Waals surface area contributed by atoms with E-state index in [1.165, 1.54) is 0 Å². The van der Waals surface area contributed by atoms with Crippen LogP contribution in [0.1, 0.15) is 25.3 Å². The maximum atomic E-state index is 11.0. The van der Waals surface area contributed by atoms with Crippen LogP contribution in [-0.4, -0.2) is 17.1 Å². The SMILES string of the molecule is C/C(=C\c1ccccc1)C1(C(N)C(=O)O)CC1. The number of carboxylic acids is 1. The predicted octanol–water partition coefficient (Wildman–Crippen LogP) is 2.28. The van der Waals surface area contributed by atoms with Crippen LogP contribution in [0, 0.1) is 5.41 Å². The molecule has 3 heteroatoms. The van der Waals surface area contributed by atoms with Gasteiger partial charge in [0.05, 0.1) is 0 Å². The molecule has 0 saturated heterocycles. The Morgan fingerprint density at radius 1 is 1.41 bits per heavy atom. The molecule has 90 valence electrons. The normalized spacial score (nSPS) is 19.8. The maximum Gasteiger partial charge on any atom is 0.321 e. The van der Waals surface area contributed by atoms with E-state index >= 15 is 0 Å². The second kappa shape index (κ2) is 4.34. The number of aliphatic carboxylic acids is 1. The van der Waals surface area contributed by atoms with E-state index in [9.17, 15) is 4.79 Å². The lowest BCUT2D eigenvalue weighted by molar-refractivity contribution is -0.139.